The number of nitrogens with one attached hydrogen (secondary N) is 1. The van der Waals surface area contributed by atoms with E-state index in [4.69, 9.17) is 4.74 Å². The van der Waals surface area contributed by atoms with Gasteiger partial charge >= 0.3 is 0 Å². The average Bonchev–Trinajstić information content (AvgIpc) is 2.73. The molecule has 0 aromatic heterocycles. The molecule has 0 heterocycles. The van der Waals surface area contributed by atoms with Crippen molar-refractivity contribution in [1.29, 1.82) is 5.26 Å². The lowest BCUT2D eigenvalue weighted by Crippen LogP contribution is -2.17. The van der Waals surface area contributed by atoms with Gasteiger partial charge in [0.05, 0.1) is 18.4 Å². The minimum absolute atomic E-state index is 0.0222. The Hall–Kier alpha value is -3.63. The fraction of sp³-hybridized carbons (Fsp3) is 0.0476. The van der Waals surface area contributed by atoms with Crippen LogP contribution in [0.3, 0.4) is 0 Å². The molecule has 1 N–H and O–H groups in total. The van der Waals surface area contributed by atoms with Gasteiger partial charge in [0.15, 0.2) is 5.78 Å². The Morgan fingerprint density at radius 3 is 2.29 bits per heavy atom. The highest BCUT2D eigenvalue weighted by Crippen LogP contribution is 2.24. The van der Waals surface area contributed by atoms with E-state index >= 15 is 0 Å². The van der Waals surface area contributed by atoms with Crippen molar-refractivity contribution in [3.8, 4) is 11.8 Å². The van der Waals surface area contributed by atoms with E-state index in [1.807, 2.05) is 6.07 Å². The van der Waals surface area contributed by atoms with Gasteiger partial charge in [0.2, 0.25) is 0 Å². The maximum absolute atomic E-state index is 12.9. The van der Waals surface area contributed by atoms with Crippen molar-refractivity contribution in [2.45, 2.75) is 4.90 Å². The molecule has 0 atom stereocenters. The van der Waals surface area contributed by atoms with E-state index in [0.717, 1.165) is 0 Å². The minimum atomic E-state index is -4.05. The second-order valence-electron chi connectivity index (χ2n) is 5.82. The molecule has 0 radical (unpaired) electrons. The van der Waals surface area contributed by atoms with Crippen molar-refractivity contribution in [2.24, 2.45) is 0 Å². The number of para-hydroxylation sites is 1. The normalized spacial score (nSPS) is 10.7. The van der Waals surface area contributed by atoms with Crippen molar-refractivity contribution in [3.63, 3.8) is 0 Å². The van der Waals surface area contributed by atoms with Gasteiger partial charge in [-0.05, 0) is 48.5 Å². The number of sulfonamides is 1. The summed E-state index contributed by atoms with van der Waals surface area (Å²) >= 11 is 0. The molecule has 0 bridgehead atoms. The highest BCUT2D eigenvalue weighted by molar-refractivity contribution is 7.92. The molecule has 0 aliphatic carbocycles. The van der Waals surface area contributed by atoms with E-state index in [1.165, 1.54) is 31.4 Å². The van der Waals surface area contributed by atoms with Crippen LogP contribution in [-0.2, 0) is 10.0 Å². The van der Waals surface area contributed by atoms with Crippen molar-refractivity contribution in [3.05, 3.63) is 89.5 Å². The molecule has 3 rings (SSSR count). The summed E-state index contributed by atoms with van der Waals surface area (Å²) in [5.74, 6) is 0.271. The van der Waals surface area contributed by atoms with Crippen LogP contribution < -0.4 is 9.46 Å². The van der Waals surface area contributed by atoms with Gasteiger partial charge in [-0.2, -0.15) is 5.26 Å². The number of methoxy groups -OCH3 is 1. The lowest BCUT2D eigenvalue weighted by Gasteiger charge is -2.13. The lowest BCUT2D eigenvalue weighted by molar-refractivity contribution is 0.103. The topological polar surface area (TPSA) is 96.3 Å². The number of rotatable bonds is 6. The number of nitrogens with zero attached hydrogens (tertiary/aromatic N) is 1. The molecule has 6 nitrogen and oxygen atoms in total. The van der Waals surface area contributed by atoms with Crippen LogP contribution in [0.5, 0.6) is 5.75 Å². The fourth-order valence-corrected chi connectivity index (χ4v) is 3.90. The minimum Gasteiger partial charge on any atom is -0.497 e. The van der Waals surface area contributed by atoms with E-state index < -0.39 is 10.0 Å². The Balaban J connectivity index is 1.98. The van der Waals surface area contributed by atoms with E-state index in [2.05, 4.69) is 4.72 Å². The van der Waals surface area contributed by atoms with Gasteiger partial charge in [0.1, 0.15) is 16.7 Å². The van der Waals surface area contributed by atoms with E-state index in [1.54, 1.807) is 48.5 Å². The van der Waals surface area contributed by atoms with Crippen LogP contribution >= 0.6 is 0 Å². The first-order chi connectivity index (χ1) is 13.5. The Bertz CT molecular complexity index is 1160. The average molecular weight is 392 g/mol. The van der Waals surface area contributed by atoms with Gasteiger partial charge in [-0.3, -0.25) is 9.52 Å². The third-order valence-corrected chi connectivity index (χ3v) is 5.49. The number of carbonyl (C=O) groups excluding carboxylic acids is 1. The van der Waals surface area contributed by atoms with Crippen LogP contribution in [0.4, 0.5) is 5.69 Å². The second-order valence-corrected chi connectivity index (χ2v) is 7.47. The summed E-state index contributed by atoms with van der Waals surface area (Å²) in [6, 6.07) is 20.6. The first-order valence-corrected chi connectivity index (χ1v) is 9.74. The number of nitriles is 1. The van der Waals surface area contributed by atoms with E-state index in [-0.39, 0.29) is 27.5 Å². The molecule has 0 spiro atoms. The van der Waals surface area contributed by atoms with Crippen LogP contribution in [0.1, 0.15) is 21.5 Å². The van der Waals surface area contributed by atoms with Crippen molar-refractivity contribution in [2.75, 3.05) is 11.8 Å². The molecule has 0 aliphatic heterocycles. The van der Waals surface area contributed by atoms with Gasteiger partial charge in [-0.25, -0.2) is 8.42 Å². The first kappa shape index (κ1) is 19.1. The number of benzene rings is 3. The Kier molecular flexibility index (Phi) is 5.43. The van der Waals surface area contributed by atoms with Crippen LogP contribution in [0.2, 0.25) is 0 Å². The predicted octanol–water partition coefficient (Wildman–Crippen LogP) is 3.60. The molecular formula is C21H16N2O4S. The monoisotopic (exact) mass is 392 g/mol. The smallest absolute Gasteiger partial charge is 0.263 e. The fourth-order valence-electron chi connectivity index (χ4n) is 2.66. The number of ether oxygens (including phenoxy) is 1. The molecule has 0 saturated heterocycles. The Morgan fingerprint density at radius 2 is 1.61 bits per heavy atom. The maximum atomic E-state index is 12.9. The Labute approximate surface area is 163 Å². The summed E-state index contributed by atoms with van der Waals surface area (Å²) < 4.78 is 33.1. The highest BCUT2D eigenvalue weighted by atomic mass is 32.2. The highest BCUT2D eigenvalue weighted by Gasteiger charge is 2.21. The quantitative estimate of drug-likeness (QED) is 0.647. The van der Waals surface area contributed by atoms with Crippen LogP contribution in [0.15, 0.2) is 77.7 Å². The summed E-state index contributed by atoms with van der Waals surface area (Å²) in [7, 11) is -2.52. The molecule has 28 heavy (non-hydrogen) atoms. The molecule has 3 aromatic rings. The van der Waals surface area contributed by atoms with Crippen molar-refractivity contribution >= 4 is 21.5 Å². The molecule has 0 saturated carbocycles. The van der Waals surface area contributed by atoms with Gasteiger partial charge < -0.3 is 4.74 Å². The van der Waals surface area contributed by atoms with Crippen molar-refractivity contribution in [1.82, 2.24) is 0 Å². The first-order valence-electron chi connectivity index (χ1n) is 8.26. The zero-order valence-corrected chi connectivity index (χ0v) is 15.7. The number of carbonyl (C=O) groups is 1. The summed E-state index contributed by atoms with van der Waals surface area (Å²) in [5.41, 5.74) is 0.751. The predicted molar refractivity (Wildman–Crippen MR) is 105 cm³/mol. The zero-order valence-electron chi connectivity index (χ0n) is 14.9. The summed E-state index contributed by atoms with van der Waals surface area (Å²) in [6.07, 6.45) is 0. The third kappa shape index (κ3) is 3.87. The molecular weight excluding hydrogens is 376 g/mol. The summed E-state index contributed by atoms with van der Waals surface area (Å²) in [6.45, 7) is 0. The number of hydrogen-bond donors (Lipinski definition) is 1. The number of ketones is 1. The molecule has 7 heteroatoms. The van der Waals surface area contributed by atoms with Crippen LogP contribution in [-0.4, -0.2) is 21.3 Å². The largest absolute Gasteiger partial charge is 0.497 e. The van der Waals surface area contributed by atoms with Gasteiger partial charge in [0, 0.05) is 11.1 Å². The number of anilines is 1. The second kappa shape index (κ2) is 7.94. The summed E-state index contributed by atoms with van der Waals surface area (Å²) in [4.78, 5) is 12.7. The van der Waals surface area contributed by atoms with Crippen molar-refractivity contribution < 1.29 is 17.9 Å². The third-order valence-electron chi connectivity index (χ3n) is 4.07. The molecule has 3 aromatic carbocycles. The molecule has 0 fully saturated rings. The molecule has 0 aliphatic rings. The maximum Gasteiger partial charge on any atom is 0.263 e. The number of hydrogen-bond acceptors (Lipinski definition) is 5. The molecule has 140 valence electrons. The molecule has 0 amide bonds. The SMILES string of the molecule is COc1ccc(C(=O)c2ccccc2NS(=O)(=O)c2ccccc2C#N)cc1. The Morgan fingerprint density at radius 1 is 0.964 bits per heavy atom. The van der Waals surface area contributed by atoms with Gasteiger partial charge in [-0.15, -0.1) is 0 Å². The zero-order chi connectivity index (χ0) is 20.1. The van der Waals surface area contributed by atoms with Crippen LogP contribution in [0, 0.1) is 11.3 Å². The molecule has 0 unspecified atom stereocenters. The van der Waals surface area contributed by atoms with E-state index in [0.29, 0.717) is 11.3 Å². The van der Waals surface area contributed by atoms with E-state index in [9.17, 15) is 18.5 Å². The van der Waals surface area contributed by atoms with Gasteiger partial charge in [-0.1, -0.05) is 24.3 Å². The lowest BCUT2D eigenvalue weighted by atomic mass is 10.0. The van der Waals surface area contributed by atoms with Crippen LogP contribution in [0.25, 0.3) is 0 Å². The standard InChI is InChI=1S/C21H16N2O4S/c1-27-17-12-10-15(11-13-17)21(24)18-7-3-4-8-19(18)23-28(25,26)20-9-5-2-6-16(20)14-22/h2-13,23H,1H3. The summed E-state index contributed by atoms with van der Waals surface area (Å²) in [5, 5.41) is 9.18. The van der Waals surface area contributed by atoms with Gasteiger partial charge in [0.25, 0.3) is 10.0 Å².